The van der Waals surface area contributed by atoms with Crippen LogP contribution in [-0.2, 0) is 17.1 Å². The molecule has 0 aliphatic heterocycles. The van der Waals surface area contributed by atoms with Crippen molar-refractivity contribution in [1.29, 1.82) is 0 Å². The zero-order chi connectivity index (χ0) is 18.9. The largest absolute Gasteiger partial charge is 1.00 e. The fraction of sp³-hybridized carbons (Fsp3) is 0.680. The first kappa shape index (κ1) is 30.1. The summed E-state index contributed by atoms with van der Waals surface area (Å²) in [5.74, 6) is 0. The van der Waals surface area contributed by atoms with Crippen molar-refractivity contribution in [2.45, 2.75) is 84.0 Å². The number of likely N-dealkylation sites (N-methyl/N-ethyl adjacent to an activating group) is 1. The molecule has 0 aromatic heterocycles. The molecule has 0 fully saturated rings. The van der Waals surface area contributed by atoms with Crippen LogP contribution in [0.3, 0.4) is 0 Å². The number of rotatable bonds is 13. The van der Waals surface area contributed by atoms with E-state index in [1.807, 2.05) is 0 Å². The molecule has 0 heterocycles. The van der Waals surface area contributed by atoms with E-state index in [1.165, 1.54) is 83.7 Å². The Labute approximate surface area is 197 Å². The summed E-state index contributed by atoms with van der Waals surface area (Å²) in [7, 11) is 4.76. The van der Waals surface area contributed by atoms with Crippen LogP contribution in [0.15, 0.2) is 48.1 Å². The number of quaternary nitrogens is 1. The van der Waals surface area contributed by atoms with Crippen LogP contribution in [-0.4, -0.2) is 31.7 Å². The van der Waals surface area contributed by atoms with Crippen LogP contribution >= 0.6 is 0 Å². The monoisotopic (exact) mass is 493 g/mol. The second kappa shape index (κ2) is 20.2. The first-order chi connectivity index (χ1) is 12.6. The van der Waals surface area contributed by atoms with Crippen LogP contribution in [0.1, 0.15) is 84.0 Å². The molecule has 2 aliphatic carbocycles. The predicted octanol–water partition coefficient (Wildman–Crippen LogP) is 4.37. The second-order valence-electron chi connectivity index (χ2n) is 8.55. The normalized spacial score (nSPS) is 14.2. The average Bonchev–Trinajstić information content (AvgIpc) is 3.32. The molecule has 1 nitrogen and oxygen atoms in total. The maximum absolute atomic E-state index is 2.38. The Morgan fingerprint density at radius 1 is 0.750 bits per heavy atom. The molecule has 0 spiro atoms. The zero-order valence-electron chi connectivity index (χ0n) is 18.6. The summed E-state index contributed by atoms with van der Waals surface area (Å²) in [6.07, 6.45) is 31.8. The average molecular weight is 494 g/mol. The molecule has 2 aliphatic rings. The molecule has 0 aromatic rings. The Morgan fingerprint density at radius 2 is 1.29 bits per heavy atom. The van der Waals surface area contributed by atoms with E-state index < -0.39 is 0 Å². The molecule has 0 amide bonds. The number of halogens is 1. The van der Waals surface area contributed by atoms with Gasteiger partial charge in [0.15, 0.2) is 0 Å². The maximum atomic E-state index is 2.38. The van der Waals surface area contributed by atoms with E-state index in [1.54, 1.807) is 5.57 Å². The van der Waals surface area contributed by atoms with E-state index in [-0.39, 0.29) is 34.1 Å². The quantitative estimate of drug-likeness (QED) is 0.203. The summed E-state index contributed by atoms with van der Waals surface area (Å²) in [5.41, 5.74) is 1.60. The van der Waals surface area contributed by atoms with Crippen LogP contribution in [0.5, 0.6) is 0 Å². The summed E-state index contributed by atoms with van der Waals surface area (Å²) >= 11 is 0. The Bertz CT molecular complexity index is 453. The minimum absolute atomic E-state index is 0. The molecular formula is C25H44BrFeN. The van der Waals surface area contributed by atoms with Gasteiger partial charge in [-0.05, 0) is 31.3 Å². The molecule has 0 aromatic carbocycles. The Hall–Kier alpha value is -0.0805. The van der Waals surface area contributed by atoms with Gasteiger partial charge < -0.3 is 21.5 Å². The Morgan fingerprint density at radius 3 is 1.71 bits per heavy atom. The van der Waals surface area contributed by atoms with Crippen molar-refractivity contribution < 1.29 is 38.5 Å². The van der Waals surface area contributed by atoms with E-state index in [9.17, 15) is 0 Å². The van der Waals surface area contributed by atoms with Gasteiger partial charge in [0, 0.05) is 17.1 Å². The Balaban J connectivity index is 0. The van der Waals surface area contributed by atoms with Crippen molar-refractivity contribution >= 4 is 0 Å². The molecule has 164 valence electrons. The number of hydrogen-bond acceptors (Lipinski definition) is 0. The number of unbranched alkanes of at least 4 members (excludes halogenated alkanes) is 9. The predicted molar refractivity (Wildman–Crippen MR) is 118 cm³/mol. The third-order valence-electron chi connectivity index (χ3n) is 5.25. The van der Waals surface area contributed by atoms with E-state index in [4.69, 9.17) is 0 Å². The SMILES string of the molecule is C1=CCC=C1.CCCCCCCCCCCC[N+](C)(C)CC1=CC=CC1.[Br-].[Fe]. The van der Waals surface area contributed by atoms with E-state index in [0.29, 0.717) is 0 Å². The van der Waals surface area contributed by atoms with Crippen molar-refractivity contribution in [2.75, 3.05) is 27.2 Å². The number of allylic oxidation sites excluding steroid dienone is 7. The smallest absolute Gasteiger partial charge is 0.100 e. The van der Waals surface area contributed by atoms with Gasteiger partial charge in [-0.15, -0.1) is 0 Å². The summed E-state index contributed by atoms with van der Waals surface area (Å²) in [4.78, 5) is 0. The molecule has 0 radical (unpaired) electrons. The fourth-order valence-electron chi connectivity index (χ4n) is 3.66. The third-order valence-corrected chi connectivity index (χ3v) is 5.25. The van der Waals surface area contributed by atoms with Crippen molar-refractivity contribution in [1.82, 2.24) is 0 Å². The second-order valence-corrected chi connectivity index (χ2v) is 8.55. The summed E-state index contributed by atoms with van der Waals surface area (Å²) in [5, 5.41) is 0. The van der Waals surface area contributed by atoms with Crippen LogP contribution in [0.4, 0.5) is 0 Å². The van der Waals surface area contributed by atoms with Gasteiger partial charge in [-0.1, -0.05) is 101 Å². The number of hydrogen-bond donors (Lipinski definition) is 0. The van der Waals surface area contributed by atoms with E-state index in [0.717, 1.165) is 10.9 Å². The number of nitrogens with zero attached hydrogens (tertiary/aromatic N) is 1. The summed E-state index contributed by atoms with van der Waals surface area (Å²) in [6, 6.07) is 0. The molecule has 2 rings (SSSR count). The fourth-order valence-corrected chi connectivity index (χ4v) is 3.66. The molecule has 0 saturated carbocycles. The molecule has 0 unspecified atom stereocenters. The van der Waals surface area contributed by atoms with Gasteiger partial charge in [-0.2, -0.15) is 0 Å². The topological polar surface area (TPSA) is 0 Å². The molecule has 0 saturated heterocycles. The van der Waals surface area contributed by atoms with Gasteiger partial charge >= 0.3 is 0 Å². The van der Waals surface area contributed by atoms with Gasteiger partial charge in [0.05, 0.1) is 20.6 Å². The summed E-state index contributed by atoms with van der Waals surface area (Å²) < 4.78 is 1.16. The van der Waals surface area contributed by atoms with E-state index >= 15 is 0 Å². The van der Waals surface area contributed by atoms with E-state index in [2.05, 4.69) is 63.6 Å². The third kappa shape index (κ3) is 18.0. The molecular weight excluding hydrogens is 450 g/mol. The van der Waals surface area contributed by atoms with Crippen LogP contribution in [0.25, 0.3) is 0 Å². The Kier molecular flexibility index (Phi) is 21.7. The molecule has 0 bridgehead atoms. The minimum atomic E-state index is 0. The molecule has 28 heavy (non-hydrogen) atoms. The van der Waals surface area contributed by atoms with Crippen LogP contribution in [0.2, 0.25) is 0 Å². The molecule has 0 N–H and O–H groups in total. The van der Waals surface area contributed by atoms with Crippen molar-refractivity contribution in [3.63, 3.8) is 0 Å². The first-order valence-corrected chi connectivity index (χ1v) is 11.1. The van der Waals surface area contributed by atoms with Crippen molar-refractivity contribution in [3.05, 3.63) is 48.1 Å². The molecule has 0 atom stereocenters. The van der Waals surface area contributed by atoms with Crippen LogP contribution < -0.4 is 17.0 Å². The standard InChI is InChI=1S/C20H38N.C5H6.BrH.Fe/c1-4-5-6-7-8-9-10-11-12-15-18-21(2,3)19-20-16-13-14-17-20;1-2-4-5-3-1;;/h13-14,16H,4-12,15,17-19H2,1-3H3;1-4H,5H2;1H;/q+1;;;/p-1. The van der Waals surface area contributed by atoms with Gasteiger partial charge in [-0.25, -0.2) is 0 Å². The van der Waals surface area contributed by atoms with Gasteiger partial charge in [0.1, 0.15) is 6.54 Å². The van der Waals surface area contributed by atoms with Crippen molar-refractivity contribution in [2.24, 2.45) is 0 Å². The van der Waals surface area contributed by atoms with Gasteiger partial charge in [0.2, 0.25) is 0 Å². The van der Waals surface area contributed by atoms with Gasteiger partial charge in [0.25, 0.3) is 0 Å². The van der Waals surface area contributed by atoms with Crippen molar-refractivity contribution in [3.8, 4) is 0 Å². The van der Waals surface area contributed by atoms with Gasteiger partial charge in [-0.3, -0.25) is 0 Å². The summed E-state index contributed by atoms with van der Waals surface area (Å²) in [6.45, 7) is 4.85. The maximum Gasteiger partial charge on any atom is 0.100 e. The van der Waals surface area contributed by atoms with Crippen LogP contribution in [0, 0.1) is 0 Å². The molecule has 3 heteroatoms. The minimum Gasteiger partial charge on any atom is -1.00 e. The zero-order valence-corrected chi connectivity index (χ0v) is 21.3. The first-order valence-electron chi connectivity index (χ1n) is 11.1.